The Balaban J connectivity index is 1.41. The summed E-state index contributed by atoms with van der Waals surface area (Å²) < 4.78 is 43.8. The van der Waals surface area contributed by atoms with Crippen molar-refractivity contribution in [1.29, 1.82) is 0 Å². The zero-order valence-corrected chi connectivity index (χ0v) is 16.8. The fraction of sp³-hybridized carbons (Fsp3) is 0.500. The van der Waals surface area contributed by atoms with Crippen LogP contribution in [0.15, 0.2) is 27.5 Å². The van der Waals surface area contributed by atoms with E-state index in [0.717, 1.165) is 6.42 Å². The van der Waals surface area contributed by atoms with Crippen molar-refractivity contribution in [3.63, 3.8) is 0 Å². The Labute approximate surface area is 168 Å². The minimum Gasteiger partial charge on any atom is -0.490 e. The second-order valence-electron chi connectivity index (χ2n) is 6.95. The molecule has 10 nitrogen and oxygen atoms in total. The van der Waals surface area contributed by atoms with Gasteiger partial charge in [0, 0.05) is 38.4 Å². The minimum absolute atomic E-state index is 0.0507. The van der Waals surface area contributed by atoms with Crippen molar-refractivity contribution in [3.8, 4) is 11.5 Å². The molecule has 3 heterocycles. The average molecular weight is 422 g/mol. The molecule has 2 aromatic rings. The first-order valence-electron chi connectivity index (χ1n) is 9.44. The van der Waals surface area contributed by atoms with Gasteiger partial charge in [-0.3, -0.25) is 10.1 Å². The van der Waals surface area contributed by atoms with Gasteiger partial charge in [0.15, 0.2) is 11.5 Å². The van der Waals surface area contributed by atoms with Gasteiger partial charge in [-0.05, 0) is 25.0 Å². The van der Waals surface area contributed by atoms with Gasteiger partial charge in [-0.2, -0.15) is 4.31 Å². The number of nitrogens with one attached hydrogen (secondary N) is 1. The smallest absolute Gasteiger partial charge is 0.322 e. The molecule has 11 heteroatoms. The number of piperidine rings is 1. The standard InChI is InChI=1S/C18H22N4O6S/c1-12-20-21-18(28-12)19-17(23)13-5-7-22(8-6-13)29(24,25)14-3-4-15-16(11-14)27-10-2-9-26-15/h3-4,11,13H,2,5-10H2,1H3,(H,19,21,23). The Hall–Kier alpha value is -2.66. The molecule has 0 spiro atoms. The van der Waals surface area contributed by atoms with Gasteiger partial charge < -0.3 is 13.9 Å². The quantitative estimate of drug-likeness (QED) is 0.788. The van der Waals surface area contributed by atoms with E-state index in [9.17, 15) is 13.2 Å². The molecule has 1 fully saturated rings. The number of sulfonamides is 1. The Kier molecular flexibility index (Phi) is 5.41. The molecule has 0 radical (unpaired) electrons. The topological polar surface area (TPSA) is 124 Å². The van der Waals surface area contributed by atoms with Gasteiger partial charge in [0.25, 0.3) is 0 Å². The number of nitrogens with zero attached hydrogens (tertiary/aromatic N) is 3. The lowest BCUT2D eigenvalue weighted by Crippen LogP contribution is -2.41. The third-order valence-corrected chi connectivity index (χ3v) is 6.83. The molecular weight excluding hydrogens is 400 g/mol. The van der Waals surface area contributed by atoms with E-state index in [0.29, 0.717) is 43.4 Å². The summed E-state index contributed by atoms with van der Waals surface area (Å²) in [6.45, 7) is 3.15. The van der Waals surface area contributed by atoms with Gasteiger partial charge in [0.05, 0.1) is 18.1 Å². The number of hydrogen-bond donors (Lipinski definition) is 1. The highest BCUT2D eigenvalue weighted by Gasteiger charge is 2.33. The van der Waals surface area contributed by atoms with Crippen molar-refractivity contribution in [3.05, 3.63) is 24.1 Å². The number of aryl methyl sites for hydroxylation is 1. The summed E-state index contributed by atoms with van der Waals surface area (Å²) in [5, 5.41) is 9.98. The normalized spacial score (nSPS) is 18.2. The highest BCUT2D eigenvalue weighted by Crippen LogP contribution is 2.33. The monoisotopic (exact) mass is 422 g/mol. The van der Waals surface area contributed by atoms with Crippen LogP contribution in [0, 0.1) is 12.8 Å². The third-order valence-electron chi connectivity index (χ3n) is 4.94. The van der Waals surface area contributed by atoms with E-state index < -0.39 is 10.0 Å². The lowest BCUT2D eigenvalue weighted by molar-refractivity contribution is -0.121. The van der Waals surface area contributed by atoms with Crippen molar-refractivity contribution < 1.29 is 27.1 Å². The molecule has 1 saturated heterocycles. The fourth-order valence-electron chi connectivity index (χ4n) is 3.37. The molecule has 2 aliphatic heterocycles. The molecule has 0 atom stereocenters. The molecule has 1 aromatic carbocycles. The maximum Gasteiger partial charge on any atom is 0.322 e. The molecule has 2 aliphatic rings. The molecule has 156 valence electrons. The van der Waals surface area contributed by atoms with Crippen LogP contribution in [0.4, 0.5) is 6.01 Å². The largest absolute Gasteiger partial charge is 0.490 e. The molecule has 0 unspecified atom stereocenters. The van der Waals surface area contributed by atoms with Gasteiger partial charge in [-0.25, -0.2) is 8.42 Å². The molecule has 0 saturated carbocycles. The van der Waals surface area contributed by atoms with Gasteiger partial charge in [-0.15, -0.1) is 5.10 Å². The van der Waals surface area contributed by atoms with Crippen molar-refractivity contribution >= 4 is 21.9 Å². The first-order valence-corrected chi connectivity index (χ1v) is 10.9. The Morgan fingerprint density at radius 3 is 2.55 bits per heavy atom. The van der Waals surface area contributed by atoms with Crippen LogP contribution in [-0.4, -0.2) is 55.1 Å². The van der Waals surface area contributed by atoms with Crippen molar-refractivity contribution in [1.82, 2.24) is 14.5 Å². The second-order valence-corrected chi connectivity index (χ2v) is 8.89. The number of ether oxygens (including phenoxy) is 2. The predicted molar refractivity (Wildman–Crippen MR) is 101 cm³/mol. The van der Waals surface area contributed by atoms with E-state index >= 15 is 0 Å². The fourth-order valence-corrected chi connectivity index (χ4v) is 4.85. The summed E-state index contributed by atoms with van der Waals surface area (Å²) in [6, 6.07) is 4.71. The maximum atomic E-state index is 13.0. The Morgan fingerprint density at radius 1 is 1.14 bits per heavy atom. The number of benzene rings is 1. The minimum atomic E-state index is -3.69. The van der Waals surface area contributed by atoms with Crippen molar-refractivity contribution in [2.75, 3.05) is 31.6 Å². The Morgan fingerprint density at radius 2 is 1.86 bits per heavy atom. The van der Waals surface area contributed by atoms with Crippen LogP contribution in [0.1, 0.15) is 25.2 Å². The van der Waals surface area contributed by atoms with E-state index in [1.165, 1.54) is 16.4 Å². The number of rotatable bonds is 4. The molecule has 0 bridgehead atoms. The summed E-state index contributed by atoms with van der Waals surface area (Å²) >= 11 is 0. The maximum absolute atomic E-state index is 13.0. The number of fused-ring (bicyclic) bond motifs is 1. The zero-order valence-electron chi connectivity index (χ0n) is 16.0. The molecule has 1 aromatic heterocycles. The molecule has 1 N–H and O–H groups in total. The number of carbonyl (C=O) groups excluding carboxylic acids is 1. The van der Waals surface area contributed by atoms with Crippen LogP contribution in [0.25, 0.3) is 0 Å². The number of amides is 1. The first kappa shape index (κ1) is 19.6. The summed E-state index contributed by atoms with van der Waals surface area (Å²) in [5.41, 5.74) is 0. The molecule has 1 amide bonds. The highest BCUT2D eigenvalue weighted by molar-refractivity contribution is 7.89. The third kappa shape index (κ3) is 4.20. The molecule has 4 rings (SSSR count). The number of carbonyl (C=O) groups is 1. The summed E-state index contributed by atoms with van der Waals surface area (Å²) in [6.07, 6.45) is 1.56. The number of anilines is 1. The van der Waals surface area contributed by atoms with Crippen molar-refractivity contribution in [2.45, 2.75) is 31.1 Å². The van der Waals surface area contributed by atoms with Gasteiger partial charge in [-0.1, -0.05) is 5.10 Å². The summed E-state index contributed by atoms with van der Waals surface area (Å²) in [4.78, 5) is 12.5. The number of hydrogen-bond acceptors (Lipinski definition) is 8. The zero-order chi connectivity index (χ0) is 20.4. The summed E-state index contributed by atoms with van der Waals surface area (Å²) in [7, 11) is -3.69. The SMILES string of the molecule is Cc1nnc(NC(=O)C2CCN(S(=O)(=O)c3ccc4c(c3)OCCCO4)CC2)o1. The predicted octanol–water partition coefficient (Wildman–Crippen LogP) is 1.58. The van der Waals surface area contributed by atoms with E-state index in [-0.39, 0.29) is 35.8 Å². The van der Waals surface area contributed by atoms with Crippen molar-refractivity contribution in [2.24, 2.45) is 5.92 Å². The number of aromatic nitrogens is 2. The van der Waals surface area contributed by atoms with Crippen LogP contribution >= 0.6 is 0 Å². The van der Waals surface area contributed by atoms with Crippen LogP contribution in [0.5, 0.6) is 11.5 Å². The van der Waals surface area contributed by atoms with E-state index in [1.807, 2.05) is 0 Å². The van der Waals surface area contributed by atoms with Gasteiger partial charge >= 0.3 is 6.01 Å². The van der Waals surface area contributed by atoms with Crippen LogP contribution < -0.4 is 14.8 Å². The van der Waals surface area contributed by atoms with Gasteiger partial charge in [0.2, 0.25) is 21.8 Å². The molecular formula is C18H22N4O6S. The average Bonchev–Trinajstić information content (AvgIpc) is 2.98. The van der Waals surface area contributed by atoms with Crippen LogP contribution in [-0.2, 0) is 14.8 Å². The van der Waals surface area contributed by atoms with E-state index in [4.69, 9.17) is 13.9 Å². The lowest BCUT2D eigenvalue weighted by atomic mass is 9.97. The second kappa shape index (κ2) is 7.99. The molecule has 0 aliphatic carbocycles. The van der Waals surface area contributed by atoms with E-state index in [2.05, 4.69) is 15.5 Å². The van der Waals surface area contributed by atoms with Crippen LogP contribution in [0.3, 0.4) is 0 Å². The highest BCUT2D eigenvalue weighted by atomic mass is 32.2. The van der Waals surface area contributed by atoms with Gasteiger partial charge in [0.1, 0.15) is 0 Å². The lowest BCUT2D eigenvalue weighted by Gasteiger charge is -2.30. The Bertz CT molecular complexity index is 998. The summed E-state index contributed by atoms with van der Waals surface area (Å²) in [5.74, 6) is 0.774. The first-order chi connectivity index (χ1) is 13.9. The van der Waals surface area contributed by atoms with Crippen LogP contribution in [0.2, 0.25) is 0 Å². The molecule has 29 heavy (non-hydrogen) atoms. The van der Waals surface area contributed by atoms with E-state index in [1.54, 1.807) is 13.0 Å².